The molecule has 2 unspecified atom stereocenters. The van der Waals surface area contributed by atoms with Gasteiger partial charge in [0.1, 0.15) is 10.7 Å². The Morgan fingerprint density at radius 2 is 1.97 bits per heavy atom. The standard InChI is InChI=1S/C20H16F2N6O6S2/c21-17-9-18(26-20(22)25-17)24-11-2-6-16(36(30,31)32)15(8-11)27-28-19-13-4-3-12(35-34-33-29)7-10(13)1-5-14(19)23/h1-10,13,23,27,29H,(H,24,25,26)(H,30,31,32). The molecule has 5 N–H and O–H groups in total. The summed E-state index contributed by atoms with van der Waals surface area (Å²) >= 11 is 0.776. The number of hydrogen-bond donors (Lipinski definition) is 5. The van der Waals surface area contributed by atoms with Crippen molar-refractivity contribution in [2.45, 2.75) is 4.90 Å². The minimum atomic E-state index is -4.69. The number of anilines is 3. The minimum Gasteiger partial charge on any atom is -0.340 e. The van der Waals surface area contributed by atoms with Gasteiger partial charge in [0.25, 0.3) is 10.1 Å². The van der Waals surface area contributed by atoms with Gasteiger partial charge in [0.05, 0.1) is 29.2 Å². The Morgan fingerprint density at radius 3 is 2.69 bits per heavy atom. The molecule has 0 fully saturated rings. The zero-order chi connectivity index (χ0) is 25.9. The highest BCUT2D eigenvalue weighted by Gasteiger charge is 2.30. The van der Waals surface area contributed by atoms with E-state index < -0.39 is 33.0 Å². The Morgan fingerprint density at radius 1 is 1.17 bits per heavy atom. The van der Waals surface area contributed by atoms with Crippen LogP contribution >= 0.6 is 12.0 Å². The molecule has 2 aliphatic rings. The maximum atomic E-state index is 13.4. The molecule has 2 aliphatic carbocycles. The molecule has 16 heteroatoms. The van der Waals surface area contributed by atoms with E-state index in [1.54, 1.807) is 24.3 Å². The summed E-state index contributed by atoms with van der Waals surface area (Å²) in [6, 6.07) is 4.35. The van der Waals surface area contributed by atoms with E-state index in [1.165, 1.54) is 18.2 Å². The summed E-state index contributed by atoms with van der Waals surface area (Å²) in [4.78, 5) is 6.40. The zero-order valence-corrected chi connectivity index (χ0v) is 19.4. The predicted octanol–water partition coefficient (Wildman–Crippen LogP) is 3.86. The lowest BCUT2D eigenvalue weighted by atomic mass is 9.79. The van der Waals surface area contributed by atoms with Gasteiger partial charge in [-0.3, -0.25) is 15.4 Å². The van der Waals surface area contributed by atoms with Crippen LogP contribution in [0.3, 0.4) is 0 Å². The molecule has 1 aromatic carbocycles. The molecule has 0 radical (unpaired) electrons. The monoisotopic (exact) mass is 538 g/mol. The third-order valence-corrected chi connectivity index (χ3v) is 6.48. The number of nitrogens with zero attached hydrogens (tertiary/aromatic N) is 3. The second-order valence-electron chi connectivity index (χ2n) is 7.29. The van der Waals surface area contributed by atoms with Crippen molar-refractivity contribution in [2.75, 3.05) is 10.7 Å². The molecule has 36 heavy (non-hydrogen) atoms. The summed E-state index contributed by atoms with van der Waals surface area (Å²) in [5, 5.41) is 27.0. The number of nitrogens with one attached hydrogen (secondary N) is 3. The van der Waals surface area contributed by atoms with Gasteiger partial charge in [0, 0.05) is 28.5 Å². The van der Waals surface area contributed by atoms with Gasteiger partial charge in [0.2, 0.25) is 5.95 Å². The van der Waals surface area contributed by atoms with Crippen LogP contribution in [0, 0.1) is 29.3 Å². The summed E-state index contributed by atoms with van der Waals surface area (Å²) in [5.41, 5.74) is 2.87. The summed E-state index contributed by atoms with van der Waals surface area (Å²) in [6.07, 6.45) is 7.18. The molecule has 0 aliphatic heterocycles. The summed E-state index contributed by atoms with van der Waals surface area (Å²) in [6.45, 7) is 0. The van der Waals surface area contributed by atoms with Crippen LogP contribution in [0.15, 0.2) is 69.5 Å². The minimum absolute atomic E-state index is 0.0578. The lowest BCUT2D eigenvalue weighted by Gasteiger charge is -2.27. The Hall–Kier alpha value is -3.54. The highest BCUT2D eigenvalue weighted by molar-refractivity contribution is 7.98. The summed E-state index contributed by atoms with van der Waals surface area (Å²) in [7, 11) is -4.69. The molecule has 0 spiro atoms. The first-order chi connectivity index (χ1) is 17.1. The molecule has 12 nitrogen and oxygen atoms in total. The molecule has 2 aromatic rings. The van der Waals surface area contributed by atoms with E-state index in [0.717, 1.165) is 24.2 Å². The first kappa shape index (κ1) is 25.5. The SMILES string of the molecule is N=C1C=CC2C=C(SOOO)C=CC2C1=NNc1cc(Nc2cc(F)nc(F)n2)ccc1S(=O)(=O)O. The number of halogens is 2. The summed E-state index contributed by atoms with van der Waals surface area (Å²) in [5.74, 6) is -1.97. The molecular weight excluding hydrogens is 522 g/mol. The van der Waals surface area contributed by atoms with E-state index in [2.05, 4.69) is 35.2 Å². The van der Waals surface area contributed by atoms with Crippen LogP contribution in [0.25, 0.3) is 0 Å². The summed E-state index contributed by atoms with van der Waals surface area (Å²) < 4.78 is 64.5. The molecule has 0 bridgehead atoms. The van der Waals surface area contributed by atoms with E-state index in [9.17, 15) is 21.8 Å². The maximum Gasteiger partial charge on any atom is 0.313 e. The van der Waals surface area contributed by atoms with Crippen molar-refractivity contribution in [3.05, 3.63) is 71.6 Å². The van der Waals surface area contributed by atoms with E-state index >= 15 is 0 Å². The Bertz CT molecular complexity index is 1410. The van der Waals surface area contributed by atoms with Crippen molar-refractivity contribution in [3.8, 4) is 0 Å². The maximum absolute atomic E-state index is 13.4. The van der Waals surface area contributed by atoms with Gasteiger partial charge in [-0.1, -0.05) is 23.3 Å². The van der Waals surface area contributed by atoms with Crippen LogP contribution in [-0.4, -0.2) is 39.6 Å². The van der Waals surface area contributed by atoms with Gasteiger partial charge < -0.3 is 5.32 Å². The first-order valence-electron chi connectivity index (χ1n) is 9.88. The number of benzene rings is 1. The van der Waals surface area contributed by atoms with Crippen LogP contribution in [0.5, 0.6) is 0 Å². The number of hydrazone groups is 1. The third kappa shape index (κ3) is 5.99. The van der Waals surface area contributed by atoms with Crippen molar-refractivity contribution in [3.63, 3.8) is 0 Å². The predicted molar refractivity (Wildman–Crippen MR) is 126 cm³/mol. The molecule has 188 valence electrons. The van der Waals surface area contributed by atoms with Crippen molar-refractivity contribution in [2.24, 2.45) is 16.9 Å². The van der Waals surface area contributed by atoms with Crippen LogP contribution < -0.4 is 10.7 Å². The fourth-order valence-corrected chi connectivity index (χ4v) is 4.56. The fourth-order valence-electron chi connectivity index (χ4n) is 3.48. The van der Waals surface area contributed by atoms with E-state index in [-0.39, 0.29) is 34.5 Å². The van der Waals surface area contributed by atoms with Gasteiger partial charge in [-0.25, -0.2) is 5.26 Å². The molecule has 0 saturated carbocycles. The van der Waals surface area contributed by atoms with Crippen molar-refractivity contribution < 1.29 is 36.4 Å². The topological polar surface area (TPSA) is 179 Å². The molecule has 2 atom stereocenters. The van der Waals surface area contributed by atoms with Crippen molar-refractivity contribution >= 4 is 50.8 Å². The van der Waals surface area contributed by atoms with Gasteiger partial charge in [-0.2, -0.15) is 32.3 Å². The van der Waals surface area contributed by atoms with Gasteiger partial charge >= 0.3 is 6.08 Å². The molecule has 4 rings (SSSR count). The molecule has 1 aromatic heterocycles. The molecule has 1 heterocycles. The lowest BCUT2D eigenvalue weighted by Crippen LogP contribution is -2.31. The van der Waals surface area contributed by atoms with Gasteiger partial charge in [0.15, 0.2) is 0 Å². The van der Waals surface area contributed by atoms with Gasteiger partial charge in [-0.05, 0) is 30.4 Å². The van der Waals surface area contributed by atoms with Crippen LogP contribution in [-0.2, 0) is 19.5 Å². The number of aromatic nitrogens is 2. The number of fused-ring (bicyclic) bond motifs is 1. The van der Waals surface area contributed by atoms with Crippen molar-refractivity contribution in [1.29, 1.82) is 5.41 Å². The fraction of sp³-hybridized carbons (Fsp3) is 0.100. The van der Waals surface area contributed by atoms with Crippen LogP contribution in [0.1, 0.15) is 0 Å². The highest BCUT2D eigenvalue weighted by Crippen LogP contribution is 2.34. The Kier molecular flexibility index (Phi) is 7.53. The van der Waals surface area contributed by atoms with Gasteiger partial charge in [-0.15, -0.1) is 4.33 Å². The quantitative estimate of drug-likeness (QED) is 0.0823. The largest absolute Gasteiger partial charge is 0.340 e. The second-order valence-corrected chi connectivity index (χ2v) is 9.46. The average Bonchev–Trinajstić information content (AvgIpc) is 2.80. The third-order valence-electron chi connectivity index (χ3n) is 4.97. The number of hydrogen-bond acceptors (Lipinski definition) is 12. The number of rotatable bonds is 8. The van der Waals surface area contributed by atoms with E-state index in [4.69, 9.17) is 10.7 Å². The van der Waals surface area contributed by atoms with Crippen LogP contribution in [0.4, 0.5) is 26.0 Å². The first-order valence-corrected chi connectivity index (χ1v) is 12.1. The van der Waals surface area contributed by atoms with E-state index in [1.807, 2.05) is 0 Å². The average molecular weight is 539 g/mol. The van der Waals surface area contributed by atoms with Crippen molar-refractivity contribution in [1.82, 2.24) is 9.97 Å². The zero-order valence-electron chi connectivity index (χ0n) is 17.8. The Balaban J connectivity index is 1.63. The smallest absolute Gasteiger partial charge is 0.313 e. The lowest BCUT2D eigenvalue weighted by molar-refractivity contribution is -0.431. The van der Waals surface area contributed by atoms with E-state index in [0.29, 0.717) is 4.91 Å². The molecule has 0 saturated heterocycles. The number of allylic oxidation sites excluding steroid dienone is 5. The molecule has 0 amide bonds. The molecular formula is C20H16F2N6O6S2. The second kappa shape index (κ2) is 10.6. The highest BCUT2D eigenvalue weighted by atomic mass is 32.2. The van der Waals surface area contributed by atoms with Crippen LogP contribution in [0.2, 0.25) is 0 Å². The Labute approximate surface area is 206 Å². The normalized spacial score (nSPS) is 20.3.